The van der Waals surface area contributed by atoms with E-state index < -0.39 is 0 Å². The fourth-order valence-corrected chi connectivity index (χ4v) is 3.26. The van der Waals surface area contributed by atoms with Crippen LogP contribution in [0, 0.1) is 20.8 Å². The number of carbonyl (C=O) groups excluding carboxylic acids is 1. The van der Waals surface area contributed by atoms with Gasteiger partial charge in [-0.25, -0.2) is 0 Å². The Morgan fingerprint density at radius 1 is 1.13 bits per heavy atom. The van der Waals surface area contributed by atoms with Crippen molar-refractivity contribution in [3.8, 4) is 5.75 Å². The molecule has 2 nitrogen and oxygen atoms in total. The summed E-state index contributed by atoms with van der Waals surface area (Å²) < 4.78 is 0. The zero-order chi connectivity index (χ0) is 11.2. The van der Waals surface area contributed by atoms with Crippen molar-refractivity contribution in [1.29, 1.82) is 0 Å². The van der Waals surface area contributed by atoms with E-state index in [1.807, 2.05) is 20.8 Å². The second-order valence-corrected chi connectivity index (χ2v) is 5.05. The smallest absolute Gasteiger partial charge is 0.165 e. The SMILES string of the molecule is Cc1c(C)c2c(c(C)c1O)C(=O)CCS2. The van der Waals surface area contributed by atoms with Gasteiger partial charge in [-0.2, -0.15) is 0 Å². The Labute approximate surface area is 93.7 Å². The number of rotatable bonds is 0. The molecule has 1 N–H and O–H groups in total. The summed E-state index contributed by atoms with van der Waals surface area (Å²) in [4.78, 5) is 12.9. The van der Waals surface area contributed by atoms with Gasteiger partial charge in [-0.15, -0.1) is 11.8 Å². The van der Waals surface area contributed by atoms with Gasteiger partial charge < -0.3 is 5.11 Å². The fourth-order valence-electron chi connectivity index (χ4n) is 1.99. The van der Waals surface area contributed by atoms with Gasteiger partial charge in [-0.3, -0.25) is 4.79 Å². The number of benzene rings is 1. The number of phenols is 1. The topological polar surface area (TPSA) is 37.3 Å². The first-order valence-corrected chi connectivity index (χ1v) is 6.01. The van der Waals surface area contributed by atoms with Crippen LogP contribution in [0.4, 0.5) is 0 Å². The third-order valence-electron chi connectivity index (χ3n) is 3.07. The first-order valence-electron chi connectivity index (χ1n) is 5.02. The summed E-state index contributed by atoms with van der Waals surface area (Å²) in [6.07, 6.45) is 0.584. The van der Waals surface area contributed by atoms with Crippen molar-refractivity contribution in [3.63, 3.8) is 0 Å². The third kappa shape index (κ3) is 1.46. The third-order valence-corrected chi connectivity index (χ3v) is 4.28. The highest BCUT2D eigenvalue weighted by atomic mass is 32.2. The molecule has 0 bridgehead atoms. The maximum Gasteiger partial charge on any atom is 0.165 e. The molecule has 15 heavy (non-hydrogen) atoms. The lowest BCUT2D eigenvalue weighted by atomic mass is 9.95. The molecule has 2 rings (SSSR count). The second-order valence-electron chi connectivity index (χ2n) is 3.95. The number of Topliss-reactive ketones (excluding diaryl/α,β-unsaturated/α-hetero) is 1. The number of carbonyl (C=O) groups is 1. The van der Waals surface area contributed by atoms with Gasteiger partial charge in [-0.05, 0) is 31.9 Å². The van der Waals surface area contributed by atoms with Gasteiger partial charge in [0, 0.05) is 28.2 Å². The van der Waals surface area contributed by atoms with Gasteiger partial charge in [-0.1, -0.05) is 0 Å². The molecule has 0 amide bonds. The number of thioether (sulfide) groups is 1. The van der Waals surface area contributed by atoms with Gasteiger partial charge in [0.2, 0.25) is 0 Å². The molecule has 0 aromatic heterocycles. The summed E-state index contributed by atoms with van der Waals surface area (Å²) in [7, 11) is 0. The summed E-state index contributed by atoms with van der Waals surface area (Å²) in [6.45, 7) is 5.70. The summed E-state index contributed by atoms with van der Waals surface area (Å²) in [5.41, 5.74) is 3.43. The molecule has 0 saturated heterocycles. The highest BCUT2D eigenvalue weighted by molar-refractivity contribution is 7.99. The van der Waals surface area contributed by atoms with Gasteiger partial charge in [0.1, 0.15) is 5.75 Å². The minimum absolute atomic E-state index is 0.166. The molecule has 1 aromatic carbocycles. The van der Waals surface area contributed by atoms with Crippen molar-refractivity contribution in [2.24, 2.45) is 0 Å². The zero-order valence-electron chi connectivity index (χ0n) is 9.18. The molecule has 0 aliphatic carbocycles. The van der Waals surface area contributed by atoms with Gasteiger partial charge in [0.05, 0.1) is 0 Å². The van der Waals surface area contributed by atoms with Crippen molar-refractivity contribution in [1.82, 2.24) is 0 Å². The van der Waals surface area contributed by atoms with E-state index in [4.69, 9.17) is 0 Å². The van der Waals surface area contributed by atoms with Crippen LogP contribution in [-0.2, 0) is 0 Å². The Balaban J connectivity index is 2.80. The van der Waals surface area contributed by atoms with E-state index >= 15 is 0 Å². The first kappa shape index (κ1) is 10.6. The lowest BCUT2D eigenvalue weighted by Crippen LogP contribution is -2.12. The van der Waals surface area contributed by atoms with Crippen molar-refractivity contribution in [2.45, 2.75) is 32.1 Å². The second kappa shape index (κ2) is 3.56. The van der Waals surface area contributed by atoms with Crippen LogP contribution in [0.5, 0.6) is 5.75 Å². The van der Waals surface area contributed by atoms with Crippen LogP contribution in [0.15, 0.2) is 4.90 Å². The number of hydrogen-bond acceptors (Lipinski definition) is 3. The van der Waals surface area contributed by atoms with Crippen LogP contribution in [-0.4, -0.2) is 16.6 Å². The van der Waals surface area contributed by atoms with Crippen LogP contribution in [0.2, 0.25) is 0 Å². The summed E-state index contributed by atoms with van der Waals surface area (Å²) in [5.74, 6) is 1.30. The molecule has 1 heterocycles. The highest BCUT2D eigenvalue weighted by Gasteiger charge is 2.25. The predicted octanol–water partition coefficient (Wildman–Crippen LogP) is 3.00. The molecular formula is C12H14O2S. The maximum atomic E-state index is 11.8. The van der Waals surface area contributed by atoms with Crippen molar-refractivity contribution < 1.29 is 9.90 Å². The Bertz CT molecular complexity index is 450. The van der Waals surface area contributed by atoms with E-state index in [1.54, 1.807) is 11.8 Å². The van der Waals surface area contributed by atoms with Crippen molar-refractivity contribution in [3.05, 3.63) is 22.3 Å². The van der Waals surface area contributed by atoms with E-state index in [2.05, 4.69) is 0 Å². The molecule has 80 valence electrons. The first-order chi connectivity index (χ1) is 7.04. The number of hydrogen-bond donors (Lipinski definition) is 1. The molecule has 0 spiro atoms. The molecule has 0 fully saturated rings. The lowest BCUT2D eigenvalue weighted by Gasteiger charge is -2.21. The summed E-state index contributed by atoms with van der Waals surface area (Å²) in [5, 5.41) is 9.90. The molecule has 1 aromatic rings. The van der Waals surface area contributed by atoms with E-state index in [0.717, 1.165) is 32.9 Å². The standard InChI is InChI=1S/C12H14O2S/c1-6-7(2)12-10(8(3)11(6)14)9(13)4-5-15-12/h14H,4-5H2,1-3H3. The number of aromatic hydroxyl groups is 1. The van der Waals surface area contributed by atoms with Crippen LogP contribution < -0.4 is 0 Å². The maximum absolute atomic E-state index is 11.8. The Kier molecular flexibility index (Phi) is 2.51. The van der Waals surface area contributed by atoms with E-state index in [1.165, 1.54) is 0 Å². The fraction of sp³-hybridized carbons (Fsp3) is 0.417. The number of ketones is 1. The van der Waals surface area contributed by atoms with Crippen molar-refractivity contribution >= 4 is 17.5 Å². The molecule has 0 atom stereocenters. The molecule has 0 radical (unpaired) electrons. The van der Waals surface area contributed by atoms with E-state index in [9.17, 15) is 9.90 Å². The molecule has 1 aliphatic heterocycles. The average Bonchev–Trinajstić information content (AvgIpc) is 2.23. The molecule has 3 heteroatoms. The molecule has 1 aliphatic rings. The Morgan fingerprint density at radius 3 is 2.47 bits per heavy atom. The van der Waals surface area contributed by atoms with Crippen LogP contribution in [0.3, 0.4) is 0 Å². The van der Waals surface area contributed by atoms with Crippen molar-refractivity contribution in [2.75, 3.05) is 5.75 Å². The van der Waals surface area contributed by atoms with Gasteiger partial charge in [0.15, 0.2) is 5.78 Å². The van der Waals surface area contributed by atoms with Crippen LogP contribution >= 0.6 is 11.8 Å². The quantitative estimate of drug-likeness (QED) is 0.733. The van der Waals surface area contributed by atoms with Crippen LogP contribution in [0.25, 0.3) is 0 Å². The normalized spacial score (nSPS) is 15.3. The molecule has 0 saturated carbocycles. The molecule has 0 unspecified atom stereocenters. The highest BCUT2D eigenvalue weighted by Crippen LogP contribution is 2.40. The Hall–Kier alpha value is -0.960. The summed E-state index contributed by atoms with van der Waals surface area (Å²) in [6, 6.07) is 0. The van der Waals surface area contributed by atoms with Gasteiger partial charge in [0.25, 0.3) is 0 Å². The monoisotopic (exact) mass is 222 g/mol. The van der Waals surface area contributed by atoms with Crippen LogP contribution in [0.1, 0.15) is 33.5 Å². The lowest BCUT2D eigenvalue weighted by molar-refractivity contribution is 0.0983. The molecular weight excluding hydrogens is 208 g/mol. The average molecular weight is 222 g/mol. The Morgan fingerprint density at radius 2 is 1.80 bits per heavy atom. The number of fused-ring (bicyclic) bond motifs is 1. The predicted molar refractivity (Wildman–Crippen MR) is 62.0 cm³/mol. The minimum Gasteiger partial charge on any atom is -0.507 e. The number of phenolic OH excluding ortho intramolecular Hbond substituents is 1. The summed E-state index contributed by atoms with van der Waals surface area (Å²) >= 11 is 1.72. The van der Waals surface area contributed by atoms with E-state index in [0.29, 0.717) is 6.42 Å². The largest absolute Gasteiger partial charge is 0.507 e. The van der Waals surface area contributed by atoms with Gasteiger partial charge >= 0.3 is 0 Å². The van der Waals surface area contributed by atoms with E-state index in [-0.39, 0.29) is 11.5 Å². The zero-order valence-corrected chi connectivity index (χ0v) is 9.99. The minimum atomic E-state index is 0.166.